The maximum absolute atomic E-state index is 5.78. The van der Waals surface area contributed by atoms with Crippen molar-refractivity contribution >= 4 is 22.6 Å². The van der Waals surface area contributed by atoms with Crippen LogP contribution in [0.15, 0.2) is 12.1 Å². The second-order valence-electron chi connectivity index (χ2n) is 3.48. The minimum absolute atomic E-state index is 0.115. The normalized spacial score (nSPS) is 12.3. The van der Waals surface area contributed by atoms with Crippen molar-refractivity contribution in [3.8, 4) is 11.5 Å². The molecule has 0 aliphatic carbocycles. The Kier molecular flexibility index (Phi) is 4.66. The molecule has 0 radical (unpaired) electrons. The number of benzene rings is 1. The second kappa shape index (κ2) is 5.55. The number of hydrogen-bond donors (Lipinski definition) is 1. The van der Waals surface area contributed by atoms with Gasteiger partial charge in [0.2, 0.25) is 0 Å². The molecule has 3 nitrogen and oxygen atoms in total. The second-order valence-corrected chi connectivity index (χ2v) is 4.64. The Hall–Kier alpha value is -0.490. The Morgan fingerprint density at radius 2 is 1.87 bits per heavy atom. The molecule has 1 rings (SSSR count). The van der Waals surface area contributed by atoms with Crippen LogP contribution in [0.25, 0.3) is 0 Å². The van der Waals surface area contributed by atoms with Crippen molar-refractivity contribution in [3.63, 3.8) is 0 Å². The van der Waals surface area contributed by atoms with Crippen LogP contribution in [0.2, 0.25) is 0 Å². The van der Waals surface area contributed by atoms with E-state index in [1.54, 1.807) is 14.2 Å². The zero-order valence-electron chi connectivity index (χ0n) is 9.21. The summed E-state index contributed by atoms with van der Waals surface area (Å²) in [7, 11) is 3.34. The van der Waals surface area contributed by atoms with E-state index in [0.29, 0.717) is 0 Å². The van der Waals surface area contributed by atoms with Gasteiger partial charge in [0.1, 0.15) is 11.5 Å². The van der Waals surface area contributed by atoms with Crippen molar-refractivity contribution in [2.24, 2.45) is 5.73 Å². The predicted molar refractivity (Wildman–Crippen MR) is 69.6 cm³/mol. The lowest BCUT2D eigenvalue weighted by molar-refractivity contribution is 0.395. The Labute approximate surface area is 104 Å². The fourth-order valence-electron chi connectivity index (χ4n) is 1.43. The van der Waals surface area contributed by atoms with E-state index in [9.17, 15) is 0 Å². The molecule has 0 heterocycles. The maximum Gasteiger partial charge on any atom is 0.132 e. The molecule has 1 aromatic rings. The summed E-state index contributed by atoms with van der Waals surface area (Å²) in [6, 6.07) is 4.07. The lowest BCUT2D eigenvalue weighted by Gasteiger charge is -2.13. The van der Waals surface area contributed by atoms with Crippen LogP contribution in [-0.2, 0) is 6.42 Å². The van der Waals surface area contributed by atoms with Crippen LogP contribution >= 0.6 is 22.6 Å². The molecular weight excluding hydrogens is 306 g/mol. The number of hydrogen-bond acceptors (Lipinski definition) is 3. The van der Waals surface area contributed by atoms with Crippen LogP contribution in [0, 0.1) is 3.57 Å². The molecule has 0 aromatic heterocycles. The van der Waals surface area contributed by atoms with Crippen molar-refractivity contribution in [1.29, 1.82) is 0 Å². The first-order valence-electron chi connectivity index (χ1n) is 4.74. The molecule has 84 valence electrons. The van der Waals surface area contributed by atoms with Gasteiger partial charge in [-0.2, -0.15) is 0 Å². The maximum atomic E-state index is 5.78. The zero-order chi connectivity index (χ0) is 11.4. The molecule has 15 heavy (non-hydrogen) atoms. The highest BCUT2D eigenvalue weighted by atomic mass is 127. The molecule has 1 aromatic carbocycles. The molecule has 0 aliphatic rings. The minimum atomic E-state index is 0.115. The topological polar surface area (TPSA) is 44.5 Å². The Morgan fingerprint density at radius 1 is 1.27 bits per heavy atom. The van der Waals surface area contributed by atoms with Gasteiger partial charge in [-0.3, -0.25) is 0 Å². The first kappa shape index (κ1) is 12.6. The summed E-state index contributed by atoms with van der Waals surface area (Å²) < 4.78 is 11.6. The van der Waals surface area contributed by atoms with Gasteiger partial charge < -0.3 is 15.2 Å². The summed E-state index contributed by atoms with van der Waals surface area (Å²) in [5.41, 5.74) is 6.87. The van der Waals surface area contributed by atoms with Gasteiger partial charge in [0.25, 0.3) is 0 Å². The van der Waals surface area contributed by atoms with Gasteiger partial charge >= 0.3 is 0 Å². The summed E-state index contributed by atoms with van der Waals surface area (Å²) in [6.45, 7) is 1.98. The van der Waals surface area contributed by atoms with E-state index in [1.165, 1.54) is 0 Å². The Balaban J connectivity index is 3.10. The van der Waals surface area contributed by atoms with Crippen molar-refractivity contribution in [2.45, 2.75) is 19.4 Å². The molecule has 4 heteroatoms. The van der Waals surface area contributed by atoms with Crippen molar-refractivity contribution < 1.29 is 9.47 Å². The number of methoxy groups -OCH3 is 2. The minimum Gasteiger partial charge on any atom is -0.496 e. The highest BCUT2D eigenvalue weighted by molar-refractivity contribution is 14.1. The van der Waals surface area contributed by atoms with Gasteiger partial charge in [0.05, 0.1) is 17.8 Å². The molecule has 2 N–H and O–H groups in total. The fourth-order valence-corrected chi connectivity index (χ4v) is 2.09. The third-order valence-corrected chi connectivity index (χ3v) is 2.94. The van der Waals surface area contributed by atoms with E-state index in [4.69, 9.17) is 15.2 Å². The standard InChI is InChI=1S/C11H16INO2/c1-7(13)4-8-5-11(15-3)9(12)6-10(8)14-2/h5-7H,4,13H2,1-3H3/i5+1. The Bertz CT molecular complexity index is 340. The van der Waals surface area contributed by atoms with E-state index >= 15 is 0 Å². The highest BCUT2D eigenvalue weighted by Crippen LogP contribution is 2.30. The van der Waals surface area contributed by atoms with Crippen LogP contribution in [0.3, 0.4) is 0 Å². The third kappa shape index (κ3) is 3.24. The van der Waals surface area contributed by atoms with Gasteiger partial charge in [0, 0.05) is 6.04 Å². The number of rotatable bonds is 4. The number of halogens is 1. The molecule has 0 bridgehead atoms. The molecule has 0 spiro atoms. The smallest absolute Gasteiger partial charge is 0.132 e. The monoisotopic (exact) mass is 322 g/mol. The van der Waals surface area contributed by atoms with E-state index in [0.717, 1.165) is 27.1 Å². The summed E-state index contributed by atoms with van der Waals surface area (Å²) >= 11 is 2.22. The molecular formula is C11H16INO2. The molecule has 1 atom stereocenters. The van der Waals surface area contributed by atoms with Crippen molar-refractivity contribution in [1.82, 2.24) is 0 Å². The third-order valence-electron chi connectivity index (χ3n) is 2.10. The van der Waals surface area contributed by atoms with Crippen LogP contribution in [0.4, 0.5) is 0 Å². The molecule has 0 saturated heterocycles. The first-order chi connectivity index (χ1) is 7.08. The largest absolute Gasteiger partial charge is 0.496 e. The van der Waals surface area contributed by atoms with E-state index in [-0.39, 0.29) is 6.04 Å². The number of ether oxygens (including phenoxy) is 2. The molecule has 0 saturated carbocycles. The summed E-state index contributed by atoms with van der Waals surface area (Å²) in [5, 5.41) is 0. The van der Waals surface area contributed by atoms with E-state index in [1.807, 2.05) is 19.1 Å². The average Bonchev–Trinajstić information content (AvgIpc) is 2.19. The predicted octanol–water partition coefficient (Wildman–Crippen LogP) is 2.20. The van der Waals surface area contributed by atoms with Crippen molar-refractivity contribution in [2.75, 3.05) is 14.2 Å². The van der Waals surface area contributed by atoms with Crippen LogP contribution in [0.1, 0.15) is 12.5 Å². The molecule has 0 aliphatic heterocycles. The summed E-state index contributed by atoms with van der Waals surface area (Å²) in [4.78, 5) is 0. The van der Waals surface area contributed by atoms with Gasteiger partial charge in [-0.15, -0.1) is 0 Å². The van der Waals surface area contributed by atoms with Gasteiger partial charge in [0.15, 0.2) is 0 Å². The van der Waals surface area contributed by atoms with Gasteiger partial charge in [-0.25, -0.2) is 0 Å². The summed E-state index contributed by atoms with van der Waals surface area (Å²) in [6.07, 6.45) is 0.788. The van der Waals surface area contributed by atoms with Gasteiger partial charge in [-0.05, 0) is 53.6 Å². The zero-order valence-corrected chi connectivity index (χ0v) is 11.4. The van der Waals surface area contributed by atoms with Crippen molar-refractivity contribution in [3.05, 3.63) is 21.3 Å². The van der Waals surface area contributed by atoms with Crippen LogP contribution in [-0.4, -0.2) is 20.3 Å². The quantitative estimate of drug-likeness (QED) is 0.865. The lowest BCUT2D eigenvalue weighted by Crippen LogP contribution is -2.18. The first-order valence-corrected chi connectivity index (χ1v) is 5.82. The fraction of sp³-hybridized carbons (Fsp3) is 0.455. The van der Waals surface area contributed by atoms with Gasteiger partial charge in [-0.1, -0.05) is 0 Å². The summed E-state index contributed by atoms with van der Waals surface area (Å²) in [5.74, 6) is 1.74. The molecule has 0 amide bonds. The SMILES string of the molecule is COc1cc(I)c(OC)[13cH]c1CC(C)N. The number of nitrogens with two attached hydrogens (primary N) is 1. The Morgan fingerprint density at radius 3 is 2.33 bits per heavy atom. The lowest BCUT2D eigenvalue weighted by atomic mass is 10.1. The van der Waals surface area contributed by atoms with Crippen LogP contribution < -0.4 is 15.2 Å². The van der Waals surface area contributed by atoms with E-state index < -0.39 is 0 Å². The highest BCUT2D eigenvalue weighted by Gasteiger charge is 2.10. The molecule has 1 unspecified atom stereocenters. The molecule has 0 fully saturated rings. The average molecular weight is 322 g/mol. The van der Waals surface area contributed by atoms with E-state index in [2.05, 4.69) is 22.6 Å². The van der Waals surface area contributed by atoms with Crippen LogP contribution in [0.5, 0.6) is 11.5 Å².